The number of amides is 1. The fraction of sp³-hybridized carbons (Fsp3) is 0.500. The molecule has 0 saturated heterocycles. The fourth-order valence-corrected chi connectivity index (χ4v) is 4.69. The quantitative estimate of drug-likeness (QED) is 0.280. The van der Waals surface area contributed by atoms with Gasteiger partial charge in [0.1, 0.15) is 24.4 Å². The van der Waals surface area contributed by atoms with E-state index in [1.165, 1.54) is 12.8 Å². The number of pyridine rings is 2. The molecule has 2 fully saturated rings. The van der Waals surface area contributed by atoms with Crippen LogP contribution >= 0.6 is 0 Å². The summed E-state index contributed by atoms with van der Waals surface area (Å²) in [5.74, 6) is 0.747. The van der Waals surface area contributed by atoms with Crippen molar-refractivity contribution in [2.75, 3.05) is 18.5 Å². The molecule has 0 aromatic carbocycles. The smallest absolute Gasteiger partial charge is 0.231 e. The Morgan fingerprint density at radius 2 is 2.03 bits per heavy atom. The Balaban J connectivity index is 1.45. The molecule has 2 saturated carbocycles. The minimum absolute atomic E-state index is 0.282. The van der Waals surface area contributed by atoms with E-state index in [0.717, 1.165) is 22.6 Å². The summed E-state index contributed by atoms with van der Waals surface area (Å²) in [6.07, 6.45) is 5.40. The highest BCUT2D eigenvalue weighted by Gasteiger charge is 2.43. The fourth-order valence-electron chi connectivity index (χ4n) is 3.93. The van der Waals surface area contributed by atoms with Crippen LogP contribution in [0.3, 0.4) is 0 Å². The Hall–Kier alpha value is -2.78. The monoisotopic (exact) mass is 496 g/mol. The van der Waals surface area contributed by atoms with Crippen LogP contribution in [0.1, 0.15) is 19.3 Å². The number of rotatable bonds is 11. The maximum absolute atomic E-state index is 13.3. The van der Waals surface area contributed by atoms with Crippen molar-refractivity contribution < 1.29 is 18.7 Å². The number of nitrogens with zero attached hydrogens (tertiary/aromatic N) is 3. The lowest BCUT2D eigenvalue weighted by atomic mass is 10.1. The molecular weight excluding hydrogens is 463 g/mol. The Bertz CT molecular complexity index is 1220. The first-order valence-corrected chi connectivity index (χ1v) is 16.1. The van der Waals surface area contributed by atoms with Crippen LogP contribution in [-0.4, -0.2) is 47.9 Å². The molecule has 0 spiro atoms. The van der Waals surface area contributed by atoms with Gasteiger partial charge in [0.15, 0.2) is 0 Å². The molecule has 2 aliphatic carbocycles. The van der Waals surface area contributed by atoms with Crippen molar-refractivity contribution in [2.45, 2.75) is 57.9 Å². The predicted molar refractivity (Wildman–Crippen MR) is 137 cm³/mol. The summed E-state index contributed by atoms with van der Waals surface area (Å²) in [5, 5.41) is 3.68. The van der Waals surface area contributed by atoms with Crippen molar-refractivity contribution in [3.63, 3.8) is 0 Å². The Morgan fingerprint density at radius 1 is 1.23 bits per heavy atom. The van der Waals surface area contributed by atoms with E-state index in [0.29, 0.717) is 43.2 Å². The third-order valence-electron chi connectivity index (χ3n) is 6.46. The van der Waals surface area contributed by atoms with Gasteiger partial charge in [-0.25, -0.2) is 14.4 Å². The van der Waals surface area contributed by atoms with Crippen molar-refractivity contribution >= 4 is 30.8 Å². The molecule has 0 bridgehead atoms. The summed E-state index contributed by atoms with van der Waals surface area (Å²) in [6.45, 7) is 8.67. The molecule has 9 heteroatoms. The number of carbonyl (C=O) groups excluding carboxylic acids is 1. The number of anilines is 1. The highest BCUT2D eigenvalue weighted by molar-refractivity contribution is 6.76. The standard InChI is InChI=1S/C26H33FN4O3Si/c1-35(2,3)12-11-33-16-31-14-21(19-5-4-10-28-26(19)34-15-17-6-7-17)18-8-9-23(29-24(18)31)30-25(32)20-13-22(20)27/h4-5,8-10,14,17,20,22H,6-7,11-13,15-16H2,1-3H3,(H,29,30,32). The highest BCUT2D eigenvalue weighted by atomic mass is 28.3. The number of carbonyl (C=O) groups is 1. The summed E-state index contributed by atoms with van der Waals surface area (Å²) >= 11 is 0. The predicted octanol–water partition coefficient (Wildman–Crippen LogP) is 5.50. The summed E-state index contributed by atoms with van der Waals surface area (Å²) in [6, 6.07) is 8.67. The molecule has 5 rings (SSSR count). The second kappa shape index (κ2) is 9.70. The molecule has 3 aromatic rings. The average Bonchev–Trinajstić information content (AvgIpc) is 3.74. The van der Waals surface area contributed by atoms with E-state index in [2.05, 4.69) is 29.9 Å². The minimum Gasteiger partial charge on any atom is -0.477 e. The molecule has 0 radical (unpaired) electrons. The van der Waals surface area contributed by atoms with Crippen LogP contribution in [-0.2, 0) is 16.3 Å². The Kier molecular flexibility index (Phi) is 6.63. The lowest BCUT2D eigenvalue weighted by Gasteiger charge is -2.15. The van der Waals surface area contributed by atoms with Crippen LogP contribution in [0, 0.1) is 11.8 Å². The first kappa shape index (κ1) is 23.9. The van der Waals surface area contributed by atoms with Gasteiger partial charge in [-0.05, 0) is 55.5 Å². The first-order valence-electron chi connectivity index (χ1n) is 12.4. The zero-order chi connectivity index (χ0) is 24.6. The van der Waals surface area contributed by atoms with E-state index in [1.807, 2.05) is 29.0 Å². The largest absolute Gasteiger partial charge is 0.477 e. The van der Waals surface area contributed by atoms with E-state index in [1.54, 1.807) is 12.3 Å². The SMILES string of the molecule is C[Si](C)(C)CCOCn1cc(-c2cccnc2OCC2CC2)c2ccc(NC(=O)C3CC3F)nc21. The van der Waals surface area contributed by atoms with Gasteiger partial charge in [-0.1, -0.05) is 19.6 Å². The van der Waals surface area contributed by atoms with Crippen LogP contribution in [0.2, 0.25) is 25.7 Å². The van der Waals surface area contributed by atoms with Crippen molar-refractivity contribution in [1.29, 1.82) is 0 Å². The molecule has 7 nitrogen and oxygen atoms in total. The lowest BCUT2D eigenvalue weighted by molar-refractivity contribution is -0.117. The molecular formula is C26H33FN4O3Si. The van der Waals surface area contributed by atoms with Gasteiger partial charge in [0.05, 0.1) is 12.5 Å². The van der Waals surface area contributed by atoms with Gasteiger partial charge in [0.2, 0.25) is 11.8 Å². The van der Waals surface area contributed by atoms with Crippen LogP contribution in [0.25, 0.3) is 22.2 Å². The number of hydrogen-bond donors (Lipinski definition) is 1. The van der Waals surface area contributed by atoms with Crippen LogP contribution in [0.4, 0.5) is 10.2 Å². The molecule has 3 heterocycles. The summed E-state index contributed by atoms with van der Waals surface area (Å²) in [5.41, 5.74) is 2.54. The summed E-state index contributed by atoms with van der Waals surface area (Å²) in [7, 11) is -1.21. The molecule has 2 atom stereocenters. The lowest BCUT2D eigenvalue weighted by Crippen LogP contribution is -2.22. The molecule has 35 heavy (non-hydrogen) atoms. The van der Waals surface area contributed by atoms with E-state index < -0.39 is 20.2 Å². The van der Waals surface area contributed by atoms with Crippen molar-refractivity contribution in [1.82, 2.24) is 14.5 Å². The summed E-state index contributed by atoms with van der Waals surface area (Å²) < 4.78 is 27.4. The number of alkyl halides is 1. The second-order valence-corrected chi connectivity index (χ2v) is 16.5. The molecule has 0 aliphatic heterocycles. The van der Waals surface area contributed by atoms with Crippen LogP contribution in [0.5, 0.6) is 5.88 Å². The molecule has 2 aliphatic rings. The number of hydrogen-bond acceptors (Lipinski definition) is 5. The topological polar surface area (TPSA) is 78.3 Å². The third-order valence-corrected chi connectivity index (χ3v) is 8.17. The zero-order valence-corrected chi connectivity index (χ0v) is 21.6. The molecule has 186 valence electrons. The van der Waals surface area contributed by atoms with Crippen molar-refractivity contribution in [3.05, 3.63) is 36.7 Å². The highest BCUT2D eigenvalue weighted by Crippen LogP contribution is 2.38. The Morgan fingerprint density at radius 3 is 2.74 bits per heavy atom. The maximum Gasteiger partial charge on any atom is 0.231 e. The number of fused-ring (bicyclic) bond motifs is 1. The van der Waals surface area contributed by atoms with Gasteiger partial charge in [0.25, 0.3) is 0 Å². The van der Waals surface area contributed by atoms with E-state index in [-0.39, 0.29) is 12.3 Å². The van der Waals surface area contributed by atoms with E-state index in [4.69, 9.17) is 14.5 Å². The first-order chi connectivity index (χ1) is 16.8. The number of ether oxygens (including phenoxy) is 2. The van der Waals surface area contributed by atoms with Gasteiger partial charge in [-0.2, -0.15) is 0 Å². The third kappa shape index (κ3) is 5.90. The van der Waals surface area contributed by atoms with Gasteiger partial charge in [-0.3, -0.25) is 4.79 Å². The van der Waals surface area contributed by atoms with Crippen LogP contribution < -0.4 is 10.1 Å². The van der Waals surface area contributed by atoms with Gasteiger partial charge >= 0.3 is 0 Å². The number of nitrogens with one attached hydrogen (secondary N) is 1. The average molecular weight is 497 g/mol. The van der Waals surface area contributed by atoms with Crippen molar-refractivity contribution in [2.24, 2.45) is 11.8 Å². The van der Waals surface area contributed by atoms with E-state index >= 15 is 0 Å². The van der Waals surface area contributed by atoms with E-state index in [9.17, 15) is 9.18 Å². The molecule has 1 amide bonds. The van der Waals surface area contributed by atoms with Gasteiger partial charge < -0.3 is 19.4 Å². The molecule has 3 aromatic heterocycles. The zero-order valence-electron chi connectivity index (χ0n) is 20.6. The van der Waals surface area contributed by atoms with Crippen molar-refractivity contribution in [3.8, 4) is 17.0 Å². The minimum atomic E-state index is -1.21. The molecule has 1 N–H and O–H groups in total. The summed E-state index contributed by atoms with van der Waals surface area (Å²) in [4.78, 5) is 21.5. The number of aromatic nitrogens is 3. The molecule has 2 unspecified atom stereocenters. The van der Waals surface area contributed by atoms with Crippen LogP contribution in [0.15, 0.2) is 36.7 Å². The van der Waals surface area contributed by atoms with Gasteiger partial charge in [0, 0.05) is 43.6 Å². The second-order valence-electron chi connectivity index (χ2n) is 10.9. The Labute approximate surface area is 206 Å². The normalized spacial score (nSPS) is 19.7. The maximum atomic E-state index is 13.3. The number of halogens is 1. The van der Waals surface area contributed by atoms with Gasteiger partial charge in [-0.15, -0.1) is 0 Å².